The van der Waals surface area contributed by atoms with Crippen molar-refractivity contribution in [2.45, 2.75) is 38.2 Å². The van der Waals surface area contributed by atoms with Crippen molar-refractivity contribution in [3.63, 3.8) is 0 Å². The van der Waals surface area contributed by atoms with Crippen molar-refractivity contribution < 1.29 is 14.6 Å². The quantitative estimate of drug-likeness (QED) is 0.798. The molecule has 19 heavy (non-hydrogen) atoms. The van der Waals surface area contributed by atoms with Crippen molar-refractivity contribution in [3.8, 4) is 0 Å². The molecule has 0 atom stereocenters. The van der Waals surface area contributed by atoms with Gasteiger partial charge in [0.1, 0.15) is 17.2 Å². The van der Waals surface area contributed by atoms with E-state index in [9.17, 15) is 9.90 Å². The van der Waals surface area contributed by atoms with Gasteiger partial charge in [-0.2, -0.15) is 0 Å². The summed E-state index contributed by atoms with van der Waals surface area (Å²) >= 11 is 0. The summed E-state index contributed by atoms with van der Waals surface area (Å²) in [4.78, 5) is 19.8. The molecule has 104 valence electrons. The SMILES string of the molecule is COC(=O)c1cnc(C)nc1NCC1(O)CCCC1. The van der Waals surface area contributed by atoms with E-state index in [-0.39, 0.29) is 5.56 Å². The van der Waals surface area contributed by atoms with Gasteiger partial charge in [0.25, 0.3) is 0 Å². The number of anilines is 1. The Morgan fingerprint density at radius 3 is 2.84 bits per heavy atom. The third-order valence-electron chi connectivity index (χ3n) is 3.43. The van der Waals surface area contributed by atoms with E-state index in [1.165, 1.54) is 13.3 Å². The molecular weight excluding hydrogens is 246 g/mol. The number of rotatable bonds is 4. The Labute approximate surface area is 112 Å². The maximum absolute atomic E-state index is 11.6. The number of aliphatic hydroxyl groups is 1. The van der Waals surface area contributed by atoms with Gasteiger partial charge in [-0.1, -0.05) is 12.8 Å². The number of hydrogen-bond acceptors (Lipinski definition) is 6. The molecule has 0 spiro atoms. The molecule has 0 radical (unpaired) electrons. The lowest BCUT2D eigenvalue weighted by molar-refractivity contribution is 0.0586. The summed E-state index contributed by atoms with van der Waals surface area (Å²) in [5.41, 5.74) is -0.415. The first-order valence-electron chi connectivity index (χ1n) is 6.42. The molecule has 1 heterocycles. The van der Waals surface area contributed by atoms with Gasteiger partial charge < -0.3 is 15.2 Å². The first-order chi connectivity index (χ1) is 9.04. The molecule has 2 N–H and O–H groups in total. The van der Waals surface area contributed by atoms with Crippen LogP contribution < -0.4 is 5.32 Å². The van der Waals surface area contributed by atoms with Gasteiger partial charge >= 0.3 is 5.97 Å². The summed E-state index contributed by atoms with van der Waals surface area (Å²) in [5.74, 6) is 0.495. The van der Waals surface area contributed by atoms with Crippen LogP contribution in [0, 0.1) is 6.92 Å². The molecule has 1 saturated carbocycles. The third kappa shape index (κ3) is 3.20. The van der Waals surface area contributed by atoms with Gasteiger partial charge in [-0.25, -0.2) is 14.8 Å². The molecule has 2 rings (SSSR count). The fourth-order valence-electron chi connectivity index (χ4n) is 2.32. The fraction of sp³-hybridized carbons (Fsp3) is 0.615. The van der Waals surface area contributed by atoms with E-state index in [1.54, 1.807) is 6.92 Å². The number of nitrogens with one attached hydrogen (secondary N) is 1. The van der Waals surface area contributed by atoms with Gasteiger partial charge in [-0.3, -0.25) is 0 Å². The van der Waals surface area contributed by atoms with Crippen LogP contribution in [0.5, 0.6) is 0 Å². The number of esters is 1. The van der Waals surface area contributed by atoms with Crippen LogP contribution in [0.25, 0.3) is 0 Å². The predicted molar refractivity (Wildman–Crippen MR) is 70.0 cm³/mol. The Morgan fingerprint density at radius 2 is 2.21 bits per heavy atom. The second kappa shape index (κ2) is 5.52. The van der Waals surface area contributed by atoms with Gasteiger partial charge in [0.05, 0.1) is 12.7 Å². The molecule has 0 amide bonds. The first kappa shape index (κ1) is 13.7. The lowest BCUT2D eigenvalue weighted by atomic mass is 10.0. The van der Waals surface area contributed by atoms with Gasteiger partial charge in [0.2, 0.25) is 0 Å². The highest BCUT2D eigenvalue weighted by Gasteiger charge is 2.31. The van der Waals surface area contributed by atoms with E-state index >= 15 is 0 Å². The Kier molecular flexibility index (Phi) is 3.99. The molecule has 0 aromatic carbocycles. The molecule has 1 aliphatic carbocycles. The van der Waals surface area contributed by atoms with Gasteiger partial charge in [-0.05, 0) is 19.8 Å². The van der Waals surface area contributed by atoms with Crippen LogP contribution in [-0.4, -0.2) is 40.3 Å². The number of hydrogen-bond donors (Lipinski definition) is 2. The van der Waals surface area contributed by atoms with E-state index in [0.717, 1.165) is 25.7 Å². The summed E-state index contributed by atoms with van der Waals surface area (Å²) in [6.07, 6.45) is 5.06. The number of methoxy groups -OCH3 is 1. The summed E-state index contributed by atoms with van der Waals surface area (Å²) in [5, 5.41) is 13.3. The van der Waals surface area contributed by atoms with E-state index in [1.807, 2.05) is 0 Å². The third-order valence-corrected chi connectivity index (χ3v) is 3.43. The van der Waals surface area contributed by atoms with Crippen LogP contribution in [0.2, 0.25) is 0 Å². The average molecular weight is 265 g/mol. The molecule has 0 bridgehead atoms. The minimum atomic E-state index is -0.702. The zero-order valence-electron chi connectivity index (χ0n) is 11.3. The average Bonchev–Trinajstić information content (AvgIpc) is 2.83. The Balaban J connectivity index is 2.14. The monoisotopic (exact) mass is 265 g/mol. The van der Waals surface area contributed by atoms with Gasteiger partial charge in [0.15, 0.2) is 0 Å². The summed E-state index contributed by atoms with van der Waals surface area (Å²) in [6, 6.07) is 0. The molecule has 1 fully saturated rings. The van der Waals surface area contributed by atoms with Crippen LogP contribution in [0.1, 0.15) is 41.9 Å². The topological polar surface area (TPSA) is 84.3 Å². The normalized spacial score (nSPS) is 17.2. The van der Waals surface area contributed by atoms with Crippen LogP contribution in [0.15, 0.2) is 6.20 Å². The maximum Gasteiger partial charge on any atom is 0.343 e. The van der Waals surface area contributed by atoms with Crippen LogP contribution in [0.3, 0.4) is 0 Å². The lowest BCUT2D eigenvalue weighted by Gasteiger charge is -2.23. The molecule has 1 aromatic rings. The Hall–Kier alpha value is -1.69. The second-order valence-corrected chi connectivity index (χ2v) is 4.96. The number of nitrogens with zero attached hydrogens (tertiary/aromatic N) is 2. The molecule has 0 saturated heterocycles. The van der Waals surface area contributed by atoms with E-state index in [4.69, 9.17) is 4.74 Å². The van der Waals surface area contributed by atoms with Gasteiger partial charge in [0, 0.05) is 12.7 Å². The molecule has 0 unspecified atom stereocenters. The summed E-state index contributed by atoms with van der Waals surface area (Å²) < 4.78 is 4.69. The fourth-order valence-corrected chi connectivity index (χ4v) is 2.32. The van der Waals surface area contributed by atoms with Crippen molar-refractivity contribution in [3.05, 3.63) is 17.6 Å². The van der Waals surface area contributed by atoms with Crippen molar-refractivity contribution in [2.24, 2.45) is 0 Å². The molecule has 1 aliphatic rings. The largest absolute Gasteiger partial charge is 0.465 e. The highest BCUT2D eigenvalue weighted by Crippen LogP contribution is 2.29. The zero-order valence-corrected chi connectivity index (χ0v) is 11.3. The minimum absolute atomic E-state index is 0.287. The zero-order chi connectivity index (χ0) is 13.9. The van der Waals surface area contributed by atoms with Crippen molar-refractivity contribution in [1.82, 2.24) is 9.97 Å². The minimum Gasteiger partial charge on any atom is -0.465 e. The van der Waals surface area contributed by atoms with Crippen LogP contribution in [-0.2, 0) is 4.74 Å². The lowest BCUT2D eigenvalue weighted by Crippen LogP contribution is -2.34. The van der Waals surface area contributed by atoms with Crippen molar-refractivity contribution in [1.29, 1.82) is 0 Å². The standard InChI is InChI=1S/C13H19N3O3/c1-9-14-7-10(12(17)19-2)11(16-9)15-8-13(18)5-3-4-6-13/h7,18H,3-6,8H2,1-2H3,(H,14,15,16). The van der Waals surface area contributed by atoms with Crippen molar-refractivity contribution in [2.75, 3.05) is 19.0 Å². The smallest absolute Gasteiger partial charge is 0.343 e. The van der Waals surface area contributed by atoms with Crippen LogP contribution in [0.4, 0.5) is 5.82 Å². The molecule has 6 heteroatoms. The number of carbonyl (C=O) groups is 1. The van der Waals surface area contributed by atoms with Gasteiger partial charge in [-0.15, -0.1) is 0 Å². The number of aryl methyl sites for hydroxylation is 1. The Bertz CT molecular complexity index is 470. The summed E-state index contributed by atoms with van der Waals surface area (Å²) in [6.45, 7) is 2.13. The van der Waals surface area contributed by atoms with Crippen LogP contribution >= 0.6 is 0 Å². The Morgan fingerprint density at radius 1 is 1.53 bits per heavy atom. The molecule has 0 aliphatic heterocycles. The highest BCUT2D eigenvalue weighted by atomic mass is 16.5. The predicted octanol–water partition coefficient (Wildman–Crippen LogP) is 1.29. The maximum atomic E-state index is 11.6. The number of carbonyl (C=O) groups excluding carboxylic acids is 1. The van der Waals surface area contributed by atoms with E-state index in [2.05, 4.69) is 15.3 Å². The van der Waals surface area contributed by atoms with Crippen molar-refractivity contribution >= 4 is 11.8 Å². The molecule has 1 aromatic heterocycles. The highest BCUT2D eigenvalue weighted by molar-refractivity contribution is 5.94. The number of ether oxygens (including phenoxy) is 1. The van der Waals surface area contributed by atoms with E-state index in [0.29, 0.717) is 18.2 Å². The number of aromatic nitrogens is 2. The summed E-state index contributed by atoms with van der Waals surface area (Å²) in [7, 11) is 1.32. The first-order valence-corrected chi connectivity index (χ1v) is 6.42. The second-order valence-electron chi connectivity index (χ2n) is 4.96. The van der Waals surface area contributed by atoms with E-state index < -0.39 is 11.6 Å². The molecular formula is C13H19N3O3. The molecule has 6 nitrogen and oxygen atoms in total.